The van der Waals surface area contributed by atoms with Crippen LogP contribution in [0.4, 0.5) is 0 Å². The predicted molar refractivity (Wildman–Crippen MR) is 69.4 cm³/mol. The van der Waals surface area contributed by atoms with Crippen molar-refractivity contribution < 1.29 is 14.6 Å². The summed E-state index contributed by atoms with van der Waals surface area (Å²) in [5.41, 5.74) is 1.03. The highest BCUT2D eigenvalue weighted by atomic mass is 16.5. The van der Waals surface area contributed by atoms with Crippen molar-refractivity contribution in [2.24, 2.45) is 0 Å². The van der Waals surface area contributed by atoms with E-state index in [2.05, 4.69) is 10.6 Å². The van der Waals surface area contributed by atoms with Gasteiger partial charge in [0, 0.05) is 19.7 Å². The van der Waals surface area contributed by atoms with Crippen LogP contribution in [0, 0.1) is 0 Å². The van der Waals surface area contributed by atoms with Crippen molar-refractivity contribution in [1.82, 2.24) is 10.6 Å². The maximum Gasteiger partial charge on any atom is 0.234 e. The van der Waals surface area contributed by atoms with Gasteiger partial charge in [-0.2, -0.15) is 0 Å². The molecule has 0 aliphatic rings. The molecule has 0 aliphatic heterocycles. The Morgan fingerprint density at radius 3 is 2.67 bits per heavy atom. The van der Waals surface area contributed by atoms with E-state index in [1.807, 2.05) is 19.1 Å². The minimum absolute atomic E-state index is 0.0544. The fourth-order valence-corrected chi connectivity index (χ4v) is 1.48. The minimum atomic E-state index is -0.0577. The van der Waals surface area contributed by atoms with Crippen LogP contribution >= 0.6 is 0 Å². The number of rotatable bonds is 7. The Morgan fingerprint density at radius 1 is 1.39 bits per heavy atom. The van der Waals surface area contributed by atoms with Gasteiger partial charge in [-0.15, -0.1) is 0 Å². The quantitative estimate of drug-likeness (QED) is 0.628. The molecule has 1 amide bonds. The van der Waals surface area contributed by atoms with Crippen LogP contribution in [0.25, 0.3) is 0 Å². The van der Waals surface area contributed by atoms with Gasteiger partial charge in [0.05, 0.1) is 13.2 Å². The number of benzene rings is 1. The summed E-state index contributed by atoms with van der Waals surface area (Å²) >= 11 is 0. The van der Waals surface area contributed by atoms with Gasteiger partial charge < -0.3 is 20.5 Å². The first-order valence-corrected chi connectivity index (χ1v) is 5.91. The Bertz CT molecular complexity index is 365. The van der Waals surface area contributed by atoms with Gasteiger partial charge in [0.25, 0.3) is 0 Å². The van der Waals surface area contributed by atoms with Crippen molar-refractivity contribution in [1.29, 1.82) is 0 Å². The van der Waals surface area contributed by atoms with Gasteiger partial charge in [-0.25, -0.2) is 0 Å². The van der Waals surface area contributed by atoms with Gasteiger partial charge in [0.1, 0.15) is 5.75 Å². The average Bonchev–Trinajstić information content (AvgIpc) is 2.37. The van der Waals surface area contributed by atoms with Gasteiger partial charge >= 0.3 is 0 Å². The third-order valence-electron chi connectivity index (χ3n) is 2.59. The lowest BCUT2D eigenvalue weighted by Crippen LogP contribution is -2.36. The molecular weight excluding hydrogens is 232 g/mol. The van der Waals surface area contributed by atoms with E-state index in [4.69, 9.17) is 4.74 Å². The molecule has 0 bridgehead atoms. The van der Waals surface area contributed by atoms with Crippen molar-refractivity contribution in [3.8, 4) is 5.75 Å². The summed E-state index contributed by atoms with van der Waals surface area (Å²) in [5, 5.41) is 15.0. The molecule has 5 nitrogen and oxygen atoms in total. The molecule has 0 fully saturated rings. The molecule has 3 N–H and O–H groups in total. The van der Waals surface area contributed by atoms with E-state index in [0.29, 0.717) is 13.2 Å². The Balaban J connectivity index is 2.30. The van der Waals surface area contributed by atoms with E-state index in [1.54, 1.807) is 19.2 Å². The molecule has 0 saturated heterocycles. The van der Waals surface area contributed by atoms with Crippen molar-refractivity contribution >= 4 is 5.91 Å². The molecule has 1 unspecified atom stereocenters. The molecule has 0 spiro atoms. The first-order valence-electron chi connectivity index (χ1n) is 5.91. The first-order chi connectivity index (χ1) is 8.63. The third-order valence-corrected chi connectivity index (χ3v) is 2.59. The maximum absolute atomic E-state index is 11.4. The van der Waals surface area contributed by atoms with Crippen LogP contribution in [0.15, 0.2) is 24.3 Å². The number of carbonyl (C=O) groups is 1. The Labute approximate surface area is 107 Å². The van der Waals surface area contributed by atoms with Crippen LogP contribution in [0.5, 0.6) is 5.75 Å². The SMILES string of the molecule is COCCNC(=O)CNC(C)c1ccc(O)cc1. The van der Waals surface area contributed by atoms with E-state index in [1.165, 1.54) is 0 Å². The van der Waals surface area contributed by atoms with Crippen LogP contribution < -0.4 is 10.6 Å². The average molecular weight is 252 g/mol. The molecule has 0 aromatic heterocycles. The standard InChI is InChI=1S/C13H20N2O3/c1-10(11-3-5-12(16)6-4-11)15-9-13(17)14-7-8-18-2/h3-6,10,15-16H,7-9H2,1-2H3,(H,14,17). The molecule has 0 radical (unpaired) electrons. The summed E-state index contributed by atoms with van der Waals surface area (Å²) in [5.74, 6) is 0.181. The van der Waals surface area contributed by atoms with Gasteiger partial charge in [0.15, 0.2) is 0 Å². The smallest absolute Gasteiger partial charge is 0.234 e. The number of aromatic hydroxyl groups is 1. The fraction of sp³-hybridized carbons (Fsp3) is 0.462. The number of amides is 1. The van der Waals surface area contributed by atoms with Gasteiger partial charge in [0.2, 0.25) is 5.91 Å². The lowest BCUT2D eigenvalue weighted by molar-refractivity contribution is -0.120. The molecule has 0 aliphatic carbocycles. The van der Waals surface area contributed by atoms with E-state index >= 15 is 0 Å². The van der Waals surface area contributed by atoms with E-state index in [0.717, 1.165) is 5.56 Å². The number of phenolic OH excluding ortho intramolecular Hbond substituents is 1. The molecular formula is C13H20N2O3. The molecule has 0 heterocycles. The van der Waals surface area contributed by atoms with Gasteiger partial charge in [-0.3, -0.25) is 4.79 Å². The summed E-state index contributed by atoms with van der Waals surface area (Å²) in [6, 6.07) is 6.98. The van der Waals surface area contributed by atoms with Crippen molar-refractivity contribution in [2.45, 2.75) is 13.0 Å². The number of hydrogen-bond acceptors (Lipinski definition) is 4. The van der Waals surface area contributed by atoms with Gasteiger partial charge in [-0.1, -0.05) is 12.1 Å². The number of carbonyl (C=O) groups excluding carboxylic acids is 1. The summed E-state index contributed by atoms with van der Waals surface area (Å²) in [7, 11) is 1.59. The number of methoxy groups -OCH3 is 1. The summed E-state index contributed by atoms with van der Waals surface area (Å²) < 4.78 is 4.84. The lowest BCUT2D eigenvalue weighted by atomic mass is 10.1. The molecule has 1 aromatic carbocycles. The second-order valence-electron chi connectivity index (χ2n) is 4.04. The lowest BCUT2D eigenvalue weighted by Gasteiger charge is -2.14. The summed E-state index contributed by atoms with van der Waals surface area (Å²) in [6.07, 6.45) is 0. The zero-order valence-electron chi connectivity index (χ0n) is 10.8. The first kappa shape index (κ1) is 14.5. The highest BCUT2D eigenvalue weighted by molar-refractivity contribution is 5.78. The zero-order chi connectivity index (χ0) is 13.4. The molecule has 1 rings (SSSR count). The van der Waals surface area contributed by atoms with Crippen LogP contribution in [-0.2, 0) is 9.53 Å². The zero-order valence-corrected chi connectivity index (χ0v) is 10.8. The normalized spacial score (nSPS) is 12.1. The number of phenols is 1. The second kappa shape index (κ2) is 7.68. The monoisotopic (exact) mass is 252 g/mol. The molecule has 18 heavy (non-hydrogen) atoms. The fourth-order valence-electron chi connectivity index (χ4n) is 1.48. The molecule has 1 atom stereocenters. The van der Waals surface area contributed by atoms with Crippen molar-refractivity contribution in [2.75, 3.05) is 26.8 Å². The highest BCUT2D eigenvalue weighted by Crippen LogP contribution is 2.15. The molecule has 5 heteroatoms. The van der Waals surface area contributed by atoms with Crippen LogP contribution in [-0.4, -0.2) is 37.8 Å². The summed E-state index contributed by atoms with van der Waals surface area (Å²) in [6.45, 7) is 3.25. The molecule has 100 valence electrons. The number of hydrogen-bond donors (Lipinski definition) is 3. The number of ether oxygens (including phenoxy) is 1. The number of nitrogens with one attached hydrogen (secondary N) is 2. The van der Waals surface area contributed by atoms with Crippen LogP contribution in [0.2, 0.25) is 0 Å². The van der Waals surface area contributed by atoms with E-state index < -0.39 is 0 Å². The topological polar surface area (TPSA) is 70.6 Å². The van der Waals surface area contributed by atoms with Crippen LogP contribution in [0.1, 0.15) is 18.5 Å². The Morgan fingerprint density at radius 2 is 2.06 bits per heavy atom. The summed E-state index contributed by atoms with van der Waals surface area (Å²) in [4.78, 5) is 11.4. The van der Waals surface area contributed by atoms with Crippen LogP contribution in [0.3, 0.4) is 0 Å². The van der Waals surface area contributed by atoms with E-state index in [9.17, 15) is 9.90 Å². The predicted octanol–water partition coefficient (Wildman–Crippen LogP) is 0.805. The van der Waals surface area contributed by atoms with E-state index in [-0.39, 0.29) is 24.2 Å². The minimum Gasteiger partial charge on any atom is -0.508 e. The Hall–Kier alpha value is -1.59. The Kier molecular flexibility index (Phi) is 6.18. The van der Waals surface area contributed by atoms with Crippen molar-refractivity contribution in [3.05, 3.63) is 29.8 Å². The largest absolute Gasteiger partial charge is 0.508 e. The second-order valence-corrected chi connectivity index (χ2v) is 4.04. The molecule has 1 aromatic rings. The van der Waals surface area contributed by atoms with Crippen molar-refractivity contribution in [3.63, 3.8) is 0 Å². The van der Waals surface area contributed by atoms with Gasteiger partial charge in [-0.05, 0) is 24.6 Å². The molecule has 0 saturated carbocycles. The maximum atomic E-state index is 11.4. The third kappa shape index (κ3) is 5.16. The highest BCUT2D eigenvalue weighted by Gasteiger charge is 2.07.